The fraction of sp³-hybridized carbons (Fsp3) is 0.818. The monoisotopic (exact) mass is 167 g/mol. The Hall–Kier alpha value is -0.300. The fourth-order valence-electron chi connectivity index (χ4n) is 1.90. The third-order valence-electron chi connectivity index (χ3n) is 2.77. The van der Waals surface area contributed by atoms with E-state index in [1.807, 2.05) is 0 Å². The summed E-state index contributed by atoms with van der Waals surface area (Å²) in [6, 6.07) is 0.733. The summed E-state index contributed by atoms with van der Waals surface area (Å²) in [7, 11) is 0. The maximum Gasteiger partial charge on any atom is 0.00385 e. The van der Waals surface area contributed by atoms with E-state index in [0.29, 0.717) is 0 Å². The van der Waals surface area contributed by atoms with Gasteiger partial charge in [-0.25, -0.2) is 0 Å². The van der Waals surface area contributed by atoms with Crippen LogP contribution in [0.15, 0.2) is 12.2 Å². The molecule has 0 aromatic rings. The molecule has 0 spiro atoms. The topological polar surface area (TPSA) is 3.24 Å². The number of hydrogen-bond donors (Lipinski definition) is 0. The maximum absolute atomic E-state index is 2.57. The van der Waals surface area contributed by atoms with Crippen LogP contribution in [0.2, 0.25) is 0 Å². The van der Waals surface area contributed by atoms with Gasteiger partial charge in [-0.3, -0.25) is 0 Å². The second-order valence-electron chi connectivity index (χ2n) is 3.99. The van der Waals surface area contributed by atoms with Gasteiger partial charge in [0, 0.05) is 6.04 Å². The first-order valence-corrected chi connectivity index (χ1v) is 5.11. The molecule has 1 fully saturated rings. The second kappa shape index (κ2) is 4.66. The SMILES string of the molecule is CC=CC1CCN(C(C)C)CC1. The van der Waals surface area contributed by atoms with Crippen LogP contribution < -0.4 is 0 Å². The van der Waals surface area contributed by atoms with Crippen molar-refractivity contribution in [1.29, 1.82) is 0 Å². The number of nitrogens with zero attached hydrogens (tertiary/aromatic N) is 1. The van der Waals surface area contributed by atoms with Crippen LogP contribution >= 0.6 is 0 Å². The van der Waals surface area contributed by atoms with Crippen LogP contribution in [0.1, 0.15) is 33.6 Å². The third-order valence-corrected chi connectivity index (χ3v) is 2.77. The average molecular weight is 167 g/mol. The van der Waals surface area contributed by atoms with E-state index in [0.717, 1.165) is 12.0 Å². The van der Waals surface area contributed by atoms with Crippen molar-refractivity contribution in [3.8, 4) is 0 Å². The second-order valence-corrected chi connectivity index (χ2v) is 3.99. The lowest BCUT2D eigenvalue weighted by molar-refractivity contribution is 0.164. The molecule has 1 nitrogen and oxygen atoms in total. The van der Waals surface area contributed by atoms with E-state index in [2.05, 4.69) is 37.8 Å². The van der Waals surface area contributed by atoms with Gasteiger partial charge < -0.3 is 4.90 Å². The van der Waals surface area contributed by atoms with Gasteiger partial charge in [-0.05, 0) is 52.6 Å². The molecule has 1 rings (SSSR count). The summed E-state index contributed by atoms with van der Waals surface area (Å²) >= 11 is 0. The Balaban J connectivity index is 2.29. The molecule has 0 atom stereocenters. The van der Waals surface area contributed by atoms with Crippen LogP contribution in [-0.2, 0) is 0 Å². The predicted octanol–water partition coefficient (Wildman–Crippen LogP) is 2.68. The fourth-order valence-corrected chi connectivity index (χ4v) is 1.90. The van der Waals surface area contributed by atoms with Crippen molar-refractivity contribution in [3.63, 3.8) is 0 Å². The van der Waals surface area contributed by atoms with Crippen molar-refractivity contribution >= 4 is 0 Å². The minimum Gasteiger partial charge on any atom is -0.301 e. The van der Waals surface area contributed by atoms with Gasteiger partial charge in [0.05, 0.1) is 0 Å². The first kappa shape index (κ1) is 9.79. The minimum atomic E-state index is 0.733. The van der Waals surface area contributed by atoms with Gasteiger partial charge in [0.15, 0.2) is 0 Å². The lowest BCUT2D eigenvalue weighted by atomic mass is 9.96. The quantitative estimate of drug-likeness (QED) is 0.572. The number of hydrogen-bond acceptors (Lipinski definition) is 1. The van der Waals surface area contributed by atoms with E-state index in [-0.39, 0.29) is 0 Å². The molecule has 1 saturated heterocycles. The van der Waals surface area contributed by atoms with Gasteiger partial charge in [-0.15, -0.1) is 0 Å². The molecule has 0 radical (unpaired) electrons. The zero-order valence-electron chi connectivity index (χ0n) is 8.59. The highest BCUT2D eigenvalue weighted by molar-refractivity contribution is 4.89. The van der Waals surface area contributed by atoms with Gasteiger partial charge in [0.1, 0.15) is 0 Å². The third kappa shape index (κ3) is 2.63. The van der Waals surface area contributed by atoms with Crippen molar-refractivity contribution in [1.82, 2.24) is 4.90 Å². The molecule has 12 heavy (non-hydrogen) atoms. The molecular weight excluding hydrogens is 146 g/mol. The smallest absolute Gasteiger partial charge is 0.00385 e. The molecule has 70 valence electrons. The van der Waals surface area contributed by atoms with Crippen LogP contribution in [0, 0.1) is 5.92 Å². The molecule has 1 aliphatic rings. The van der Waals surface area contributed by atoms with E-state index >= 15 is 0 Å². The van der Waals surface area contributed by atoms with E-state index < -0.39 is 0 Å². The largest absolute Gasteiger partial charge is 0.301 e. The van der Waals surface area contributed by atoms with E-state index in [1.165, 1.54) is 25.9 Å². The lowest BCUT2D eigenvalue weighted by Crippen LogP contribution is -2.38. The molecule has 1 heterocycles. The number of likely N-dealkylation sites (tertiary alicyclic amines) is 1. The summed E-state index contributed by atoms with van der Waals surface area (Å²) in [6.45, 7) is 9.26. The van der Waals surface area contributed by atoms with Crippen LogP contribution in [-0.4, -0.2) is 24.0 Å². The molecule has 0 aromatic carbocycles. The minimum absolute atomic E-state index is 0.733. The van der Waals surface area contributed by atoms with Gasteiger partial charge in [-0.1, -0.05) is 12.2 Å². The average Bonchev–Trinajstić information content (AvgIpc) is 2.06. The van der Waals surface area contributed by atoms with Gasteiger partial charge >= 0.3 is 0 Å². The van der Waals surface area contributed by atoms with E-state index in [9.17, 15) is 0 Å². The van der Waals surface area contributed by atoms with Crippen LogP contribution in [0.25, 0.3) is 0 Å². The molecule has 0 aromatic heterocycles. The zero-order chi connectivity index (χ0) is 8.97. The number of allylic oxidation sites excluding steroid dienone is 2. The van der Waals surface area contributed by atoms with Gasteiger partial charge in [-0.2, -0.15) is 0 Å². The molecule has 1 aliphatic heterocycles. The summed E-state index contributed by atoms with van der Waals surface area (Å²) in [4.78, 5) is 2.57. The molecule has 0 saturated carbocycles. The van der Waals surface area contributed by atoms with Gasteiger partial charge in [0.2, 0.25) is 0 Å². The van der Waals surface area contributed by atoms with Crippen molar-refractivity contribution in [2.45, 2.75) is 39.7 Å². The lowest BCUT2D eigenvalue weighted by Gasteiger charge is -2.33. The summed E-state index contributed by atoms with van der Waals surface area (Å²) in [6.07, 6.45) is 7.25. The highest BCUT2D eigenvalue weighted by Crippen LogP contribution is 2.19. The zero-order valence-corrected chi connectivity index (χ0v) is 8.59. The first-order chi connectivity index (χ1) is 5.74. The normalized spacial score (nSPS) is 22.7. The number of piperidine rings is 1. The molecule has 0 aliphatic carbocycles. The Kier molecular flexibility index (Phi) is 3.80. The summed E-state index contributed by atoms with van der Waals surface area (Å²) in [5.41, 5.74) is 0. The molecule has 0 unspecified atom stereocenters. The van der Waals surface area contributed by atoms with Crippen LogP contribution in [0.3, 0.4) is 0 Å². The molecule has 1 heteroatoms. The van der Waals surface area contributed by atoms with Crippen molar-refractivity contribution < 1.29 is 0 Å². The predicted molar refractivity (Wildman–Crippen MR) is 54.2 cm³/mol. The van der Waals surface area contributed by atoms with E-state index in [1.54, 1.807) is 0 Å². The molecule has 0 N–H and O–H groups in total. The summed E-state index contributed by atoms with van der Waals surface area (Å²) in [5, 5.41) is 0. The number of rotatable bonds is 2. The standard InChI is InChI=1S/C11H21N/c1-4-5-11-6-8-12(9-7-11)10(2)3/h4-5,10-11H,6-9H2,1-3H3. The Morgan fingerprint density at radius 3 is 2.25 bits per heavy atom. The van der Waals surface area contributed by atoms with Crippen molar-refractivity contribution in [3.05, 3.63) is 12.2 Å². The Bertz CT molecular complexity index is 141. The molecule has 0 bridgehead atoms. The Morgan fingerprint density at radius 2 is 1.83 bits per heavy atom. The van der Waals surface area contributed by atoms with Crippen LogP contribution in [0.5, 0.6) is 0 Å². The summed E-state index contributed by atoms with van der Waals surface area (Å²) < 4.78 is 0. The highest BCUT2D eigenvalue weighted by Gasteiger charge is 2.18. The Morgan fingerprint density at radius 1 is 1.25 bits per heavy atom. The first-order valence-electron chi connectivity index (χ1n) is 5.11. The summed E-state index contributed by atoms with van der Waals surface area (Å²) in [5.74, 6) is 0.852. The molecular formula is C11H21N. The highest BCUT2D eigenvalue weighted by atomic mass is 15.1. The van der Waals surface area contributed by atoms with Crippen LogP contribution in [0.4, 0.5) is 0 Å². The van der Waals surface area contributed by atoms with Crippen molar-refractivity contribution in [2.75, 3.05) is 13.1 Å². The van der Waals surface area contributed by atoms with Crippen molar-refractivity contribution in [2.24, 2.45) is 5.92 Å². The van der Waals surface area contributed by atoms with Gasteiger partial charge in [0.25, 0.3) is 0 Å². The molecule has 0 amide bonds. The van der Waals surface area contributed by atoms with E-state index in [4.69, 9.17) is 0 Å². The Labute approximate surface area is 76.5 Å². The maximum atomic E-state index is 2.57.